The zero-order valence-electron chi connectivity index (χ0n) is 16.0. The zero-order chi connectivity index (χ0) is 20.6. The van der Waals surface area contributed by atoms with Crippen LogP contribution in [0.2, 0.25) is 0 Å². The molecule has 0 N–H and O–H groups in total. The molecule has 3 rings (SSSR count). The summed E-state index contributed by atoms with van der Waals surface area (Å²) < 4.78 is 10.3. The minimum Gasteiger partial charge on any atom is -0.497 e. The third kappa shape index (κ3) is 4.93. The van der Waals surface area contributed by atoms with Gasteiger partial charge in [-0.05, 0) is 71.8 Å². The SMILES string of the molecule is COc1ccc(/C=C/c2ccc(/C=C/c3ccc(OC)cc3C#N)s2)c(C#N)c1. The average Bonchev–Trinajstić information content (AvgIpc) is 3.23. The second-order valence-corrected chi connectivity index (χ2v) is 7.18. The number of ether oxygens (including phenoxy) is 2. The second-order valence-electron chi connectivity index (χ2n) is 6.04. The van der Waals surface area contributed by atoms with Crippen molar-refractivity contribution in [2.75, 3.05) is 14.2 Å². The maximum absolute atomic E-state index is 9.32. The van der Waals surface area contributed by atoms with Gasteiger partial charge >= 0.3 is 0 Å². The van der Waals surface area contributed by atoms with Crippen molar-refractivity contribution in [1.29, 1.82) is 10.5 Å². The number of thiophene rings is 1. The number of rotatable bonds is 6. The zero-order valence-corrected chi connectivity index (χ0v) is 16.9. The van der Waals surface area contributed by atoms with Crippen LogP contribution in [-0.2, 0) is 0 Å². The highest BCUT2D eigenvalue weighted by atomic mass is 32.1. The summed E-state index contributed by atoms with van der Waals surface area (Å²) in [5.41, 5.74) is 2.83. The van der Waals surface area contributed by atoms with Gasteiger partial charge in [-0.1, -0.05) is 12.2 Å². The highest BCUT2D eigenvalue weighted by Crippen LogP contribution is 2.25. The summed E-state index contributed by atoms with van der Waals surface area (Å²) in [6.07, 6.45) is 7.82. The Bertz CT molecular complexity index is 1070. The Morgan fingerprint density at radius 1 is 0.690 bits per heavy atom. The van der Waals surface area contributed by atoms with Crippen molar-refractivity contribution in [1.82, 2.24) is 0 Å². The van der Waals surface area contributed by atoms with Crippen LogP contribution in [0.1, 0.15) is 32.0 Å². The smallest absolute Gasteiger partial charge is 0.120 e. The number of nitrogens with zero attached hydrogens (tertiary/aromatic N) is 2. The molecule has 0 saturated heterocycles. The number of benzene rings is 2. The minimum absolute atomic E-state index is 0.570. The predicted octanol–water partition coefficient (Wildman–Crippen LogP) is 5.85. The number of hydrogen-bond acceptors (Lipinski definition) is 5. The minimum atomic E-state index is 0.570. The van der Waals surface area contributed by atoms with Gasteiger partial charge in [0.2, 0.25) is 0 Å². The molecule has 4 nitrogen and oxygen atoms in total. The summed E-state index contributed by atoms with van der Waals surface area (Å²) >= 11 is 1.62. The van der Waals surface area contributed by atoms with Gasteiger partial charge in [0.05, 0.1) is 37.5 Å². The van der Waals surface area contributed by atoms with E-state index in [2.05, 4.69) is 12.1 Å². The Morgan fingerprint density at radius 2 is 1.14 bits per heavy atom. The Morgan fingerprint density at radius 3 is 1.52 bits per heavy atom. The molecule has 0 spiro atoms. The summed E-state index contributed by atoms with van der Waals surface area (Å²) in [4.78, 5) is 2.14. The topological polar surface area (TPSA) is 66.0 Å². The van der Waals surface area contributed by atoms with Crippen molar-refractivity contribution in [3.63, 3.8) is 0 Å². The monoisotopic (exact) mass is 398 g/mol. The Kier molecular flexibility index (Phi) is 6.47. The van der Waals surface area contributed by atoms with Gasteiger partial charge in [0.15, 0.2) is 0 Å². The normalized spacial score (nSPS) is 10.8. The van der Waals surface area contributed by atoms with Crippen LogP contribution in [0.5, 0.6) is 11.5 Å². The maximum atomic E-state index is 9.32. The molecule has 0 aliphatic rings. The van der Waals surface area contributed by atoms with Crippen LogP contribution >= 0.6 is 11.3 Å². The fraction of sp³-hybridized carbons (Fsp3) is 0.0833. The molecule has 0 radical (unpaired) electrons. The first-order valence-corrected chi connectivity index (χ1v) is 9.60. The molecule has 2 aromatic carbocycles. The fourth-order valence-corrected chi connectivity index (χ4v) is 3.52. The van der Waals surface area contributed by atoms with Gasteiger partial charge in [-0.25, -0.2) is 0 Å². The Hall–Kier alpha value is -3.80. The Balaban J connectivity index is 1.77. The summed E-state index contributed by atoms with van der Waals surface area (Å²) in [7, 11) is 3.16. The van der Waals surface area contributed by atoms with Crippen molar-refractivity contribution in [3.05, 3.63) is 80.5 Å². The lowest BCUT2D eigenvalue weighted by Crippen LogP contribution is -1.86. The quantitative estimate of drug-likeness (QED) is 0.522. The van der Waals surface area contributed by atoms with Crippen LogP contribution < -0.4 is 9.47 Å². The van der Waals surface area contributed by atoms with E-state index in [9.17, 15) is 10.5 Å². The lowest BCUT2D eigenvalue weighted by Gasteiger charge is -2.02. The van der Waals surface area contributed by atoms with Crippen LogP contribution in [-0.4, -0.2) is 14.2 Å². The molecule has 1 aromatic heterocycles. The van der Waals surface area contributed by atoms with Crippen LogP contribution in [0.15, 0.2) is 48.5 Å². The van der Waals surface area contributed by atoms with Gasteiger partial charge in [0, 0.05) is 9.75 Å². The maximum Gasteiger partial charge on any atom is 0.120 e. The molecule has 0 bridgehead atoms. The highest BCUT2D eigenvalue weighted by Gasteiger charge is 2.03. The first-order valence-electron chi connectivity index (χ1n) is 8.79. The highest BCUT2D eigenvalue weighted by molar-refractivity contribution is 7.13. The van der Waals surface area contributed by atoms with E-state index in [1.807, 2.05) is 60.7 Å². The molecule has 0 atom stereocenters. The van der Waals surface area contributed by atoms with Gasteiger partial charge in [-0.15, -0.1) is 11.3 Å². The van der Waals surface area contributed by atoms with Crippen LogP contribution in [0, 0.1) is 22.7 Å². The first kappa shape index (κ1) is 19.9. The van der Waals surface area contributed by atoms with E-state index in [-0.39, 0.29) is 0 Å². The molecule has 29 heavy (non-hydrogen) atoms. The fourth-order valence-electron chi connectivity index (χ4n) is 2.70. The standard InChI is InChI=1S/C24H18N2O2S/c1-27-21-7-3-17(19(13-21)15-25)5-9-23-11-12-24(29-23)10-6-18-4-8-22(28-2)14-20(18)16-26/h3-14H,1-2H3/b9-5+,10-6+. The van der Waals surface area contributed by atoms with Gasteiger partial charge in [0.1, 0.15) is 11.5 Å². The van der Waals surface area contributed by atoms with Gasteiger partial charge in [0.25, 0.3) is 0 Å². The average molecular weight is 398 g/mol. The largest absolute Gasteiger partial charge is 0.497 e. The first-order chi connectivity index (χ1) is 14.2. The van der Waals surface area contributed by atoms with Crippen molar-refractivity contribution in [3.8, 4) is 23.6 Å². The molecule has 5 heteroatoms. The van der Waals surface area contributed by atoms with E-state index in [0.29, 0.717) is 22.6 Å². The molecular weight excluding hydrogens is 380 g/mol. The predicted molar refractivity (Wildman–Crippen MR) is 118 cm³/mol. The summed E-state index contributed by atoms with van der Waals surface area (Å²) in [6, 6.07) is 19.3. The van der Waals surface area contributed by atoms with Crippen molar-refractivity contribution >= 4 is 35.6 Å². The van der Waals surface area contributed by atoms with Crippen molar-refractivity contribution < 1.29 is 9.47 Å². The van der Waals surface area contributed by atoms with E-state index >= 15 is 0 Å². The second kappa shape index (κ2) is 9.41. The number of nitriles is 2. The van der Waals surface area contributed by atoms with Gasteiger partial charge in [-0.3, -0.25) is 0 Å². The molecule has 0 aliphatic carbocycles. The molecular formula is C24H18N2O2S. The van der Waals surface area contributed by atoms with E-state index in [1.54, 1.807) is 37.7 Å². The lowest BCUT2D eigenvalue weighted by molar-refractivity contribution is 0.414. The third-order valence-electron chi connectivity index (χ3n) is 4.26. The molecule has 0 unspecified atom stereocenters. The van der Waals surface area contributed by atoms with Crippen LogP contribution in [0.25, 0.3) is 24.3 Å². The van der Waals surface area contributed by atoms with E-state index in [0.717, 1.165) is 20.9 Å². The molecule has 1 heterocycles. The number of hydrogen-bond donors (Lipinski definition) is 0. The summed E-state index contributed by atoms with van der Waals surface area (Å²) in [5, 5.41) is 18.6. The molecule has 0 amide bonds. The lowest BCUT2D eigenvalue weighted by atomic mass is 10.1. The molecule has 0 fully saturated rings. The molecule has 0 saturated carbocycles. The van der Waals surface area contributed by atoms with E-state index in [4.69, 9.17) is 9.47 Å². The molecule has 142 valence electrons. The van der Waals surface area contributed by atoms with Crippen molar-refractivity contribution in [2.24, 2.45) is 0 Å². The molecule has 0 aliphatic heterocycles. The van der Waals surface area contributed by atoms with Crippen LogP contribution in [0.3, 0.4) is 0 Å². The molecule has 3 aromatic rings. The van der Waals surface area contributed by atoms with Gasteiger partial charge < -0.3 is 9.47 Å². The van der Waals surface area contributed by atoms with Crippen molar-refractivity contribution in [2.45, 2.75) is 0 Å². The van der Waals surface area contributed by atoms with E-state index < -0.39 is 0 Å². The van der Waals surface area contributed by atoms with Gasteiger partial charge in [-0.2, -0.15) is 10.5 Å². The third-order valence-corrected chi connectivity index (χ3v) is 5.28. The number of methoxy groups -OCH3 is 2. The summed E-state index contributed by atoms with van der Waals surface area (Å²) in [6.45, 7) is 0. The summed E-state index contributed by atoms with van der Waals surface area (Å²) in [5.74, 6) is 1.33. The van der Waals surface area contributed by atoms with Crippen LogP contribution in [0.4, 0.5) is 0 Å². The van der Waals surface area contributed by atoms with E-state index in [1.165, 1.54) is 0 Å². The Labute approximate surface area is 174 Å².